The first-order valence-corrected chi connectivity index (χ1v) is 10.7. The summed E-state index contributed by atoms with van der Waals surface area (Å²) in [6, 6.07) is 4.10. The van der Waals surface area contributed by atoms with Gasteiger partial charge in [0.15, 0.2) is 14.7 Å². The van der Waals surface area contributed by atoms with Gasteiger partial charge in [0.05, 0.1) is 10.9 Å². The normalized spacial score (nSPS) is 13.4. The summed E-state index contributed by atoms with van der Waals surface area (Å²) in [4.78, 5) is 22.3. The highest BCUT2D eigenvalue weighted by molar-refractivity contribution is 7.90. The molecule has 0 radical (unpaired) electrons. The molecule has 28 heavy (non-hydrogen) atoms. The average Bonchev–Trinajstić information content (AvgIpc) is 2.61. The molecule has 2 atom stereocenters. The highest BCUT2D eigenvalue weighted by Crippen LogP contribution is 2.25. The van der Waals surface area contributed by atoms with E-state index < -0.39 is 45.4 Å². The van der Waals surface area contributed by atoms with Crippen LogP contribution in [0, 0.1) is 0 Å². The van der Waals surface area contributed by atoms with E-state index in [0.717, 1.165) is 6.26 Å². The van der Waals surface area contributed by atoms with Gasteiger partial charge in [-0.2, -0.15) is 0 Å². The summed E-state index contributed by atoms with van der Waals surface area (Å²) in [5.74, 6) is -1.49. The quantitative estimate of drug-likeness (QED) is 0.392. The monoisotopic (exact) mass is 478 g/mol. The number of halogens is 4. The van der Waals surface area contributed by atoms with Crippen molar-refractivity contribution < 1.29 is 27.1 Å². The third-order valence-corrected chi connectivity index (χ3v) is 5.06. The molecule has 1 aromatic carbocycles. The van der Waals surface area contributed by atoms with E-state index in [1.54, 1.807) is 0 Å². The van der Waals surface area contributed by atoms with Gasteiger partial charge in [-0.3, -0.25) is 9.59 Å². The second kappa shape index (κ2) is 12.4. The van der Waals surface area contributed by atoms with Crippen molar-refractivity contribution in [2.45, 2.75) is 34.7 Å². The predicted molar refractivity (Wildman–Crippen MR) is 107 cm³/mol. The number of sulfone groups is 1. The summed E-state index contributed by atoms with van der Waals surface area (Å²) in [6.07, 6.45) is 0.217. The number of esters is 1. The van der Waals surface area contributed by atoms with Crippen LogP contribution in [0.3, 0.4) is 0 Å². The van der Waals surface area contributed by atoms with Crippen LogP contribution in [-0.4, -0.2) is 50.6 Å². The minimum absolute atomic E-state index is 0. The highest BCUT2D eigenvalue weighted by Gasteiger charge is 2.30. The van der Waals surface area contributed by atoms with E-state index in [-0.39, 0.29) is 30.3 Å². The Hall–Kier alpha value is -1.13. The van der Waals surface area contributed by atoms with Crippen LogP contribution >= 0.6 is 35.6 Å². The van der Waals surface area contributed by atoms with Crippen LogP contribution < -0.4 is 11.1 Å². The number of carbonyl (C=O) groups excluding carboxylic acids is 2. The lowest BCUT2D eigenvalue weighted by molar-refractivity contribution is -0.152. The van der Waals surface area contributed by atoms with E-state index in [4.69, 9.17) is 33.7 Å². The van der Waals surface area contributed by atoms with Crippen LogP contribution in [0.5, 0.6) is 0 Å². The van der Waals surface area contributed by atoms with Crippen molar-refractivity contribution in [1.29, 1.82) is 0 Å². The Kier molecular flexibility index (Phi) is 11.9. The molecule has 12 heteroatoms. The number of amides is 1. The summed E-state index contributed by atoms with van der Waals surface area (Å²) >= 11 is 10.9. The van der Waals surface area contributed by atoms with Gasteiger partial charge in [0, 0.05) is 12.7 Å². The number of nitrogens with one attached hydrogen (secondary N) is 1. The van der Waals surface area contributed by atoms with Crippen molar-refractivity contribution >= 4 is 57.3 Å². The maximum atomic E-state index is 13.6. The molecule has 3 N–H and O–H groups in total. The van der Waals surface area contributed by atoms with Crippen LogP contribution in [-0.2, 0) is 24.2 Å². The zero-order chi connectivity index (χ0) is 20.6. The van der Waals surface area contributed by atoms with Gasteiger partial charge >= 0.3 is 5.97 Å². The van der Waals surface area contributed by atoms with Gasteiger partial charge in [-0.05, 0) is 30.7 Å². The van der Waals surface area contributed by atoms with Crippen molar-refractivity contribution in [1.82, 2.24) is 5.32 Å². The van der Waals surface area contributed by atoms with Crippen LogP contribution in [0.1, 0.15) is 24.5 Å². The summed E-state index contributed by atoms with van der Waals surface area (Å²) in [6.45, 7) is -0.804. The van der Waals surface area contributed by atoms with E-state index in [2.05, 4.69) is 5.32 Å². The number of alkyl halides is 3. The van der Waals surface area contributed by atoms with Crippen molar-refractivity contribution in [3.63, 3.8) is 0 Å². The fourth-order valence-corrected chi connectivity index (χ4v) is 2.93. The van der Waals surface area contributed by atoms with Crippen LogP contribution in [0.2, 0.25) is 0 Å². The van der Waals surface area contributed by atoms with E-state index in [1.165, 1.54) is 24.3 Å². The van der Waals surface area contributed by atoms with Gasteiger partial charge in [-0.1, -0.05) is 35.3 Å². The lowest BCUT2D eigenvalue weighted by atomic mass is 10.0. The Balaban J connectivity index is 0.00000729. The number of hydrogen-bond acceptors (Lipinski definition) is 6. The Morgan fingerprint density at radius 2 is 1.82 bits per heavy atom. The number of ether oxygens (including phenoxy) is 1. The van der Waals surface area contributed by atoms with Crippen LogP contribution in [0.4, 0.5) is 4.39 Å². The predicted octanol–water partition coefficient (Wildman–Crippen LogP) is 2.09. The van der Waals surface area contributed by atoms with Gasteiger partial charge in [0.1, 0.15) is 12.8 Å². The van der Waals surface area contributed by atoms with Crippen molar-refractivity contribution in [2.75, 3.05) is 19.5 Å². The number of hydrogen-bond donors (Lipinski definition) is 2. The Morgan fingerprint density at radius 3 is 2.25 bits per heavy atom. The number of benzene rings is 1. The second-order valence-electron chi connectivity index (χ2n) is 5.71. The first-order chi connectivity index (χ1) is 12.6. The first kappa shape index (κ1) is 26.9. The standard InChI is InChI=1S/C16H21Cl2FN2O5S.ClH/c1-27(24,25)11-6-4-10(5-7-11)14(26-13(22)3-2-8-20)12(9-19)21-16(23)15(17)18;/h4-7,12,14-15H,2-3,8-9,20H2,1H3,(H,21,23);1H/t12-,14-;/m1./s1. The van der Waals surface area contributed by atoms with Crippen molar-refractivity contribution in [3.05, 3.63) is 29.8 Å². The maximum absolute atomic E-state index is 13.6. The lowest BCUT2D eigenvalue weighted by Gasteiger charge is -2.26. The third-order valence-electron chi connectivity index (χ3n) is 3.54. The molecule has 0 fully saturated rings. The molecule has 0 saturated heterocycles. The fourth-order valence-electron chi connectivity index (χ4n) is 2.18. The summed E-state index contributed by atoms with van der Waals surface area (Å²) in [5.41, 5.74) is 5.65. The molecule has 7 nitrogen and oxygen atoms in total. The number of carbonyl (C=O) groups is 2. The molecule has 0 heterocycles. The largest absolute Gasteiger partial charge is 0.455 e. The number of nitrogens with two attached hydrogens (primary N) is 1. The summed E-state index contributed by atoms with van der Waals surface area (Å²) < 4.78 is 42.0. The molecule has 0 aliphatic heterocycles. The Morgan fingerprint density at radius 1 is 1.25 bits per heavy atom. The molecule has 0 unspecified atom stereocenters. The van der Waals surface area contributed by atoms with Gasteiger partial charge < -0.3 is 15.8 Å². The number of rotatable bonds is 10. The van der Waals surface area contributed by atoms with Crippen molar-refractivity contribution in [2.24, 2.45) is 5.73 Å². The zero-order valence-corrected chi connectivity index (χ0v) is 18.1. The zero-order valence-electron chi connectivity index (χ0n) is 14.9. The summed E-state index contributed by atoms with van der Waals surface area (Å²) in [5, 5.41) is 2.27. The van der Waals surface area contributed by atoms with Gasteiger partial charge in [0.2, 0.25) is 0 Å². The molecular formula is C16H22Cl3FN2O5S. The van der Waals surface area contributed by atoms with E-state index >= 15 is 0 Å². The van der Waals surface area contributed by atoms with Gasteiger partial charge in [-0.25, -0.2) is 12.8 Å². The minimum Gasteiger partial charge on any atom is -0.455 e. The highest BCUT2D eigenvalue weighted by atomic mass is 35.5. The second-order valence-corrected chi connectivity index (χ2v) is 8.83. The molecule has 160 valence electrons. The molecule has 0 aliphatic carbocycles. The topological polar surface area (TPSA) is 116 Å². The van der Waals surface area contributed by atoms with Gasteiger partial charge in [0.25, 0.3) is 5.91 Å². The molecule has 1 rings (SSSR count). The van der Waals surface area contributed by atoms with E-state index in [0.29, 0.717) is 12.0 Å². The van der Waals surface area contributed by atoms with Crippen molar-refractivity contribution in [3.8, 4) is 0 Å². The average molecular weight is 480 g/mol. The van der Waals surface area contributed by atoms with Gasteiger partial charge in [-0.15, -0.1) is 12.4 Å². The minimum atomic E-state index is -3.44. The summed E-state index contributed by atoms with van der Waals surface area (Å²) in [7, 11) is -3.44. The molecule has 1 amide bonds. The smallest absolute Gasteiger partial charge is 0.306 e. The fraction of sp³-hybridized carbons (Fsp3) is 0.500. The van der Waals surface area contributed by atoms with E-state index in [1.807, 2.05) is 0 Å². The maximum Gasteiger partial charge on any atom is 0.306 e. The molecule has 0 aliphatic rings. The molecule has 0 saturated carbocycles. The third kappa shape index (κ3) is 8.48. The Bertz CT molecular complexity index is 747. The first-order valence-electron chi connectivity index (χ1n) is 7.94. The molecule has 0 aromatic heterocycles. The molecule has 1 aromatic rings. The van der Waals surface area contributed by atoms with Crippen LogP contribution in [0.15, 0.2) is 29.2 Å². The SMILES string of the molecule is CS(=O)(=O)c1ccc([C@@H](OC(=O)CCCN)[C@@H](CF)NC(=O)C(Cl)Cl)cc1.Cl. The molecule has 0 bridgehead atoms. The molecule has 0 spiro atoms. The lowest BCUT2D eigenvalue weighted by Crippen LogP contribution is -2.44. The Labute approximate surface area is 179 Å². The van der Waals surface area contributed by atoms with Crippen LogP contribution in [0.25, 0.3) is 0 Å². The van der Waals surface area contributed by atoms with E-state index in [9.17, 15) is 22.4 Å². The molecular weight excluding hydrogens is 458 g/mol.